The SMILES string of the molecule is Nc1cccc(Cc2nc(C3CCCO3)no2)c1. The Morgan fingerprint density at radius 2 is 2.33 bits per heavy atom. The molecular weight excluding hydrogens is 230 g/mol. The zero-order chi connectivity index (χ0) is 12.4. The lowest BCUT2D eigenvalue weighted by molar-refractivity contribution is 0.103. The molecule has 94 valence electrons. The summed E-state index contributed by atoms with van der Waals surface area (Å²) >= 11 is 0. The molecule has 1 aromatic carbocycles. The van der Waals surface area contributed by atoms with E-state index in [1.807, 2.05) is 24.3 Å². The topological polar surface area (TPSA) is 74.2 Å². The highest BCUT2D eigenvalue weighted by Crippen LogP contribution is 2.26. The van der Waals surface area contributed by atoms with Crippen molar-refractivity contribution >= 4 is 5.69 Å². The first-order valence-electron chi connectivity index (χ1n) is 6.10. The standard InChI is InChI=1S/C13H15N3O2/c14-10-4-1-3-9(7-10)8-12-15-13(16-18-12)11-5-2-6-17-11/h1,3-4,7,11H,2,5-6,8,14H2. The monoisotopic (exact) mass is 245 g/mol. The van der Waals surface area contributed by atoms with Gasteiger partial charge in [0.15, 0.2) is 0 Å². The molecule has 0 saturated carbocycles. The molecular formula is C13H15N3O2. The van der Waals surface area contributed by atoms with Gasteiger partial charge in [-0.1, -0.05) is 17.3 Å². The fourth-order valence-electron chi connectivity index (χ4n) is 2.13. The molecule has 1 fully saturated rings. The third-order valence-corrected chi connectivity index (χ3v) is 3.01. The number of nitrogen functional groups attached to an aromatic ring is 1. The Kier molecular flexibility index (Phi) is 2.98. The van der Waals surface area contributed by atoms with Crippen LogP contribution in [0.15, 0.2) is 28.8 Å². The second kappa shape index (κ2) is 4.78. The number of benzene rings is 1. The molecule has 1 saturated heterocycles. The van der Waals surface area contributed by atoms with E-state index in [-0.39, 0.29) is 6.10 Å². The predicted molar refractivity (Wildman–Crippen MR) is 65.9 cm³/mol. The molecule has 2 N–H and O–H groups in total. The summed E-state index contributed by atoms with van der Waals surface area (Å²) in [6.07, 6.45) is 2.63. The number of rotatable bonds is 3. The quantitative estimate of drug-likeness (QED) is 0.838. The number of hydrogen-bond donors (Lipinski definition) is 1. The Hall–Kier alpha value is -1.88. The van der Waals surface area contributed by atoms with Crippen LogP contribution in [0, 0.1) is 0 Å². The molecule has 0 spiro atoms. The molecule has 2 aromatic rings. The molecule has 1 unspecified atom stereocenters. The lowest BCUT2D eigenvalue weighted by Gasteiger charge is -2.01. The van der Waals surface area contributed by atoms with Gasteiger partial charge < -0.3 is 15.0 Å². The average Bonchev–Trinajstić information content (AvgIpc) is 2.98. The van der Waals surface area contributed by atoms with Crippen molar-refractivity contribution in [2.45, 2.75) is 25.4 Å². The first-order chi connectivity index (χ1) is 8.81. The molecule has 5 nitrogen and oxygen atoms in total. The van der Waals surface area contributed by atoms with Gasteiger partial charge in [-0.15, -0.1) is 0 Å². The lowest BCUT2D eigenvalue weighted by atomic mass is 10.1. The van der Waals surface area contributed by atoms with E-state index in [1.165, 1.54) is 0 Å². The van der Waals surface area contributed by atoms with E-state index < -0.39 is 0 Å². The molecule has 5 heteroatoms. The Balaban J connectivity index is 1.73. The number of anilines is 1. The van der Waals surface area contributed by atoms with Crippen LogP contribution in [-0.4, -0.2) is 16.7 Å². The second-order valence-electron chi connectivity index (χ2n) is 4.47. The van der Waals surface area contributed by atoms with Crippen molar-refractivity contribution in [1.82, 2.24) is 10.1 Å². The molecule has 0 radical (unpaired) electrons. The highest BCUT2D eigenvalue weighted by molar-refractivity contribution is 5.41. The molecule has 0 bridgehead atoms. The summed E-state index contributed by atoms with van der Waals surface area (Å²) in [5.74, 6) is 1.26. The van der Waals surface area contributed by atoms with Gasteiger partial charge in [-0.2, -0.15) is 4.98 Å². The number of aromatic nitrogens is 2. The Morgan fingerprint density at radius 3 is 3.11 bits per heavy atom. The zero-order valence-corrected chi connectivity index (χ0v) is 10.0. The van der Waals surface area contributed by atoms with Crippen LogP contribution in [0.25, 0.3) is 0 Å². The van der Waals surface area contributed by atoms with Crippen molar-refractivity contribution in [2.24, 2.45) is 0 Å². The van der Waals surface area contributed by atoms with E-state index in [9.17, 15) is 0 Å². The predicted octanol–water partition coefficient (Wildman–Crippen LogP) is 2.09. The molecule has 1 aliphatic rings. The molecule has 0 amide bonds. The van der Waals surface area contributed by atoms with E-state index in [1.54, 1.807) is 0 Å². The smallest absolute Gasteiger partial charge is 0.231 e. The van der Waals surface area contributed by atoms with Crippen LogP contribution in [0.1, 0.15) is 36.2 Å². The van der Waals surface area contributed by atoms with Gasteiger partial charge >= 0.3 is 0 Å². The van der Waals surface area contributed by atoms with Crippen molar-refractivity contribution in [2.75, 3.05) is 12.3 Å². The highest BCUT2D eigenvalue weighted by Gasteiger charge is 2.23. The van der Waals surface area contributed by atoms with Gasteiger partial charge in [-0.3, -0.25) is 0 Å². The maximum atomic E-state index is 5.73. The van der Waals surface area contributed by atoms with Crippen LogP contribution in [0.5, 0.6) is 0 Å². The molecule has 2 heterocycles. The van der Waals surface area contributed by atoms with E-state index in [0.717, 1.165) is 30.7 Å². The van der Waals surface area contributed by atoms with Crippen molar-refractivity contribution < 1.29 is 9.26 Å². The van der Waals surface area contributed by atoms with E-state index in [2.05, 4.69) is 10.1 Å². The fourth-order valence-corrected chi connectivity index (χ4v) is 2.13. The Morgan fingerprint density at radius 1 is 1.39 bits per heavy atom. The largest absolute Gasteiger partial charge is 0.399 e. The third kappa shape index (κ3) is 2.36. The first-order valence-corrected chi connectivity index (χ1v) is 6.10. The summed E-state index contributed by atoms with van der Waals surface area (Å²) in [7, 11) is 0. The molecule has 0 aliphatic carbocycles. The number of hydrogen-bond acceptors (Lipinski definition) is 5. The van der Waals surface area contributed by atoms with Crippen LogP contribution in [-0.2, 0) is 11.2 Å². The number of nitrogens with two attached hydrogens (primary N) is 1. The van der Waals surface area contributed by atoms with E-state index in [4.69, 9.17) is 15.0 Å². The van der Waals surface area contributed by atoms with Gasteiger partial charge in [0.1, 0.15) is 6.10 Å². The van der Waals surface area contributed by atoms with Crippen LogP contribution < -0.4 is 5.73 Å². The molecule has 1 atom stereocenters. The minimum absolute atomic E-state index is 0.00310. The minimum atomic E-state index is 0.00310. The fraction of sp³-hybridized carbons (Fsp3) is 0.385. The van der Waals surface area contributed by atoms with Crippen LogP contribution in [0.4, 0.5) is 5.69 Å². The van der Waals surface area contributed by atoms with Crippen LogP contribution in [0.3, 0.4) is 0 Å². The summed E-state index contributed by atoms with van der Waals surface area (Å²) < 4.78 is 10.8. The molecule has 3 rings (SSSR count). The van der Waals surface area contributed by atoms with Crippen molar-refractivity contribution in [3.63, 3.8) is 0 Å². The molecule has 1 aromatic heterocycles. The Bertz CT molecular complexity index is 533. The number of nitrogens with zero attached hydrogens (tertiary/aromatic N) is 2. The van der Waals surface area contributed by atoms with Crippen LogP contribution in [0.2, 0.25) is 0 Å². The number of ether oxygens (including phenoxy) is 1. The van der Waals surface area contributed by atoms with Gasteiger partial charge in [0.25, 0.3) is 0 Å². The van der Waals surface area contributed by atoms with Crippen molar-refractivity contribution in [3.05, 3.63) is 41.5 Å². The summed E-state index contributed by atoms with van der Waals surface area (Å²) in [4.78, 5) is 4.37. The minimum Gasteiger partial charge on any atom is -0.399 e. The van der Waals surface area contributed by atoms with Gasteiger partial charge in [0.2, 0.25) is 11.7 Å². The molecule has 18 heavy (non-hydrogen) atoms. The molecule has 1 aliphatic heterocycles. The zero-order valence-electron chi connectivity index (χ0n) is 10.0. The summed E-state index contributed by atoms with van der Waals surface area (Å²) in [6, 6.07) is 7.68. The normalized spacial score (nSPS) is 19.2. The third-order valence-electron chi connectivity index (χ3n) is 3.01. The highest BCUT2D eigenvalue weighted by atomic mass is 16.5. The maximum absolute atomic E-state index is 5.73. The maximum Gasteiger partial charge on any atom is 0.231 e. The summed E-state index contributed by atoms with van der Waals surface area (Å²) in [6.45, 7) is 0.782. The van der Waals surface area contributed by atoms with Crippen molar-refractivity contribution in [1.29, 1.82) is 0 Å². The van der Waals surface area contributed by atoms with E-state index in [0.29, 0.717) is 18.1 Å². The van der Waals surface area contributed by atoms with Gasteiger partial charge in [0.05, 0.1) is 6.42 Å². The summed E-state index contributed by atoms with van der Waals surface area (Å²) in [5.41, 5.74) is 7.54. The lowest BCUT2D eigenvalue weighted by Crippen LogP contribution is -1.98. The van der Waals surface area contributed by atoms with Crippen molar-refractivity contribution in [3.8, 4) is 0 Å². The van der Waals surface area contributed by atoms with Gasteiger partial charge in [-0.05, 0) is 30.5 Å². The average molecular weight is 245 g/mol. The summed E-state index contributed by atoms with van der Waals surface area (Å²) in [5, 5.41) is 3.97. The second-order valence-corrected chi connectivity index (χ2v) is 4.47. The van der Waals surface area contributed by atoms with Crippen LogP contribution >= 0.6 is 0 Å². The first kappa shape index (κ1) is 11.2. The van der Waals surface area contributed by atoms with Gasteiger partial charge in [0, 0.05) is 12.3 Å². The Labute approximate surface area is 105 Å². The van der Waals surface area contributed by atoms with E-state index >= 15 is 0 Å². The van der Waals surface area contributed by atoms with Gasteiger partial charge in [-0.25, -0.2) is 0 Å².